The highest BCUT2D eigenvalue weighted by molar-refractivity contribution is 9.10. The molecule has 1 heterocycles. The smallest absolute Gasteiger partial charge is 0.0702 e. The summed E-state index contributed by atoms with van der Waals surface area (Å²) < 4.78 is 1.11. The summed E-state index contributed by atoms with van der Waals surface area (Å²) in [4.78, 5) is 4.58. The Labute approximate surface area is 133 Å². The fourth-order valence-electron chi connectivity index (χ4n) is 2.57. The second-order valence-corrected chi connectivity index (χ2v) is 5.83. The van der Waals surface area contributed by atoms with Gasteiger partial charge in [-0.15, -0.1) is 0 Å². The van der Waals surface area contributed by atoms with Gasteiger partial charge in [-0.1, -0.05) is 59.3 Å². The zero-order valence-electron chi connectivity index (χ0n) is 11.9. The van der Waals surface area contributed by atoms with Crippen molar-refractivity contribution in [1.29, 1.82) is 0 Å². The van der Waals surface area contributed by atoms with E-state index in [9.17, 15) is 0 Å². The lowest BCUT2D eigenvalue weighted by Gasteiger charge is -2.20. The number of halogens is 1. The number of benzene rings is 2. The number of hydrogen-bond donors (Lipinski definition) is 1. The maximum absolute atomic E-state index is 4.58. The summed E-state index contributed by atoms with van der Waals surface area (Å²) in [6, 6.07) is 18.9. The molecule has 0 radical (unpaired) electrons. The molecule has 3 aromatic rings. The number of nitrogens with zero attached hydrogens (tertiary/aromatic N) is 1. The predicted octanol–water partition coefficient (Wildman–Crippen LogP) is 4.70. The van der Waals surface area contributed by atoms with Gasteiger partial charge in [0.2, 0.25) is 0 Å². The Morgan fingerprint density at radius 2 is 1.86 bits per heavy atom. The van der Waals surface area contributed by atoms with Gasteiger partial charge in [-0.2, -0.15) is 0 Å². The number of hydrogen-bond acceptors (Lipinski definition) is 2. The van der Waals surface area contributed by atoms with E-state index in [0.717, 1.165) is 16.5 Å². The van der Waals surface area contributed by atoms with Crippen molar-refractivity contribution in [2.24, 2.45) is 0 Å². The third-order valence-corrected chi connectivity index (χ3v) is 4.29. The molecule has 1 unspecified atom stereocenters. The second-order valence-electron chi connectivity index (χ2n) is 4.97. The molecule has 0 aliphatic rings. The Morgan fingerprint density at radius 1 is 1.10 bits per heavy atom. The Balaban J connectivity index is 2.09. The summed E-state index contributed by atoms with van der Waals surface area (Å²) in [6.45, 7) is 3.02. The van der Waals surface area contributed by atoms with Crippen molar-refractivity contribution < 1.29 is 0 Å². The van der Waals surface area contributed by atoms with Gasteiger partial charge in [0.1, 0.15) is 0 Å². The van der Waals surface area contributed by atoms with E-state index in [-0.39, 0.29) is 6.04 Å². The molecular formula is C18H17BrN2. The third kappa shape index (κ3) is 2.99. The fraction of sp³-hybridized carbons (Fsp3) is 0.167. The minimum absolute atomic E-state index is 0.141. The lowest BCUT2D eigenvalue weighted by molar-refractivity contribution is 0.627. The minimum Gasteiger partial charge on any atom is -0.306 e. The zero-order valence-corrected chi connectivity index (χ0v) is 13.5. The number of pyridine rings is 1. The molecule has 21 heavy (non-hydrogen) atoms. The molecule has 1 N–H and O–H groups in total. The van der Waals surface area contributed by atoms with Crippen LogP contribution in [0.2, 0.25) is 0 Å². The summed E-state index contributed by atoms with van der Waals surface area (Å²) in [5.74, 6) is 0. The van der Waals surface area contributed by atoms with Gasteiger partial charge in [0, 0.05) is 16.1 Å². The number of para-hydroxylation sites is 1. The monoisotopic (exact) mass is 340 g/mol. The van der Waals surface area contributed by atoms with Crippen LogP contribution in [0.25, 0.3) is 10.9 Å². The summed E-state index contributed by atoms with van der Waals surface area (Å²) in [6.07, 6.45) is 1.97. The summed E-state index contributed by atoms with van der Waals surface area (Å²) in [5, 5.41) is 4.72. The number of nitrogens with one attached hydrogen (secondary N) is 1. The van der Waals surface area contributed by atoms with Gasteiger partial charge in [0.05, 0.1) is 11.6 Å². The molecule has 3 heteroatoms. The third-order valence-electron chi connectivity index (χ3n) is 3.57. The molecule has 2 nitrogen and oxygen atoms in total. The quantitative estimate of drug-likeness (QED) is 0.744. The van der Waals surface area contributed by atoms with Crippen molar-refractivity contribution in [2.45, 2.75) is 13.0 Å². The molecule has 0 bridgehead atoms. The molecule has 0 saturated carbocycles. The second kappa shape index (κ2) is 6.37. The molecule has 0 saturated heterocycles. The van der Waals surface area contributed by atoms with Crippen LogP contribution in [0.15, 0.2) is 65.3 Å². The van der Waals surface area contributed by atoms with Gasteiger partial charge in [-0.25, -0.2) is 0 Å². The topological polar surface area (TPSA) is 24.9 Å². The van der Waals surface area contributed by atoms with Crippen molar-refractivity contribution in [3.05, 3.63) is 76.4 Å². The van der Waals surface area contributed by atoms with Crippen LogP contribution in [-0.4, -0.2) is 11.5 Å². The van der Waals surface area contributed by atoms with Crippen molar-refractivity contribution in [3.63, 3.8) is 0 Å². The van der Waals surface area contributed by atoms with Crippen molar-refractivity contribution >= 4 is 26.8 Å². The number of aromatic nitrogens is 1. The van der Waals surface area contributed by atoms with Crippen LogP contribution in [0.3, 0.4) is 0 Å². The van der Waals surface area contributed by atoms with E-state index in [4.69, 9.17) is 0 Å². The molecule has 3 rings (SSSR count). The highest BCUT2D eigenvalue weighted by Crippen LogP contribution is 2.29. The first-order valence-corrected chi connectivity index (χ1v) is 7.91. The first-order chi connectivity index (χ1) is 10.3. The largest absolute Gasteiger partial charge is 0.306 e. The van der Waals surface area contributed by atoms with Crippen molar-refractivity contribution in [1.82, 2.24) is 10.3 Å². The standard InChI is InChI=1S/C18H17BrN2/c1-2-20-18(15-8-4-5-9-16(15)19)14-11-13-7-3-6-10-17(13)21-12-14/h3-12,18,20H,2H2,1H3. The lowest BCUT2D eigenvalue weighted by Crippen LogP contribution is -2.22. The Kier molecular flexibility index (Phi) is 4.32. The number of fused-ring (bicyclic) bond motifs is 1. The van der Waals surface area contributed by atoms with Crippen LogP contribution in [0, 0.1) is 0 Å². The van der Waals surface area contributed by atoms with Gasteiger partial charge in [-0.3, -0.25) is 4.98 Å². The van der Waals surface area contributed by atoms with E-state index in [0.29, 0.717) is 0 Å². The average Bonchev–Trinajstić information content (AvgIpc) is 2.53. The lowest BCUT2D eigenvalue weighted by atomic mass is 9.99. The summed E-state index contributed by atoms with van der Waals surface area (Å²) >= 11 is 3.65. The summed E-state index contributed by atoms with van der Waals surface area (Å²) in [7, 11) is 0. The molecule has 1 aromatic heterocycles. The van der Waals surface area contributed by atoms with Gasteiger partial charge < -0.3 is 5.32 Å². The molecule has 2 aromatic carbocycles. The van der Waals surface area contributed by atoms with Crippen LogP contribution in [0.4, 0.5) is 0 Å². The fourth-order valence-corrected chi connectivity index (χ4v) is 3.08. The van der Waals surface area contributed by atoms with Crippen molar-refractivity contribution in [3.8, 4) is 0 Å². The van der Waals surface area contributed by atoms with E-state index >= 15 is 0 Å². The molecule has 0 amide bonds. The molecule has 106 valence electrons. The Bertz CT molecular complexity index is 755. The maximum Gasteiger partial charge on any atom is 0.0702 e. The van der Waals surface area contributed by atoms with Gasteiger partial charge >= 0.3 is 0 Å². The number of rotatable bonds is 4. The van der Waals surface area contributed by atoms with E-state index in [1.54, 1.807) is 0 Å². The normalized spacial score (nSPS) is 12.5. The molecule has 0 spiro atoms. The van der Waals surface area contributed by atoms with E-state index in [1.807, 2.05) is 24.4 Å². The van der Waals surface area contributed by atoms with Crippen LogP contribution >= 0.6 is 15.9 Å². The average molecular weight is 341 g/mol. The van der Waals surface area contributed by atoms with E-state index in [2.05, 4.69) is 69.6 Å². The minimum atomic E-state index is 0.141. The van der Waals surface area contributed by atoms with Crippen LogP contribution < -0.4 is 5.32 Å². The maximum atomic E-state index is 4.58. The first-order valence-electron chi connectivity index (χ1n) is 7.12. The van der Waals surface area contributed by atoms with Crippen LogP contribution in [0.1, 0.15) is 24.1 Å². The molecule has 1 atom stereocenters. The summed E-state index contributed by atoms with van der Waals surface area (Å²) in [5.41, 5.74) is 3.45. The zero-order chi connectivity index (χ0) is 14.7. The highest BCUT2D eigenvalue weighted by atomic mass is 79.9. The predicted molar refractivity (Wildman–Crippen MR) is 91.4 cm³/mol. The Hall–Kier alpha value is -1.71. The van der Waals surface area contributed by atoms with Crippen molar-refractivity contribution in [2.75, 3.05) is 6.54 Å². The van der Waals surface area contributed by atoms with Gasteiger partial charge in [-0.05, 0) is 35.9 Å². The van der Waals surface area contributed by atoms with Crippen LogP contribution in [-0.2, 0) is 0 Å². The SMILES string of the molecule is CCNC(c1cnc2ccccc2c1)c1ccccc1Br. The van der Waals surface area contributed by atoms with E-state index in [1.165, 1.54) is 16.5 Å². The molecule has 0 aliphatic heterocycles. The van der Waals surface area contributed by atoms with Gasteiger partial charge in [0.25, 0.3) is 0 Å². The molecule has 0 fully saturated rings. The van der Waals surface area contributed by atoms with Crippen LogP contribution in [0.5, 0.6) is 0 Å². The highest BCUT2D eigenvalue weighted by Gasteiger charge is 2.16. The van der Waals surface area contributed by atoms with E-state index < -0.39 is 0 Å². The molecule has 0 aliphatic carbocycles. The first kappa shape index (κ1) is 14.2. The van der Waals surface area contributed by atoms with Gasteiger partial charge in [0.15, 0.2) is 0 Å². The Morgan fingerprint density at radius 3 is 2.67 bits per heavy atom. The molecular weight excluding hydrogens is 324 g/mol.